The Balaban J connectivity index is 1.34. The molecule has 2 fully saturated rings. The summed E-state index contributed by atoms with van der Waals surface area (Å²) in [5.74, 6) is 0.802. The molecule has 10 nitrogen and oxygen atoms in total. The monoisotopic (exact) mass is 496 g/mol. The van der Waals surface area contributed by atoms with Crippen LogP contribution in [0.15, 0.2) is 59.5 Å². The summed E-state index contributed by atoms with van der Waals surface area (Å²) in [4.78, 5) is 28.2. The van der Waals surface area contributed by atoms with Crippen molar-refractivity contribution in [2.24, 2.45) is 0 Å². The number of fused-ring (bicyclic) bond motifs is 1. The maximum absolute atomic E-state index is 13.0. The molecule has 1 aromatic heterocycles. The first-order valence-corrected chi connectivity index (χ1v) is 13.2. The van der Waals surface area contributed by atoms with Crippen LogP contribution in [-0.4, -0.2) is 93.1 Å². The van der Waals surface area contributed by atoms with Crippen molar-refractivity contribution in [3.63, 3.8) is 0 Å². The number of aromatic nitrogens is 2. The smallest absolute Gasteiger partial charge is 0.263 e. The van der Waals surface area contributed by atoms with Gasteiger partial charge in [0.2, 0.25) is 5.91 Å². The number of carbonyl (C=O) groups is 1. The van der Waals surface area contributed by atoms with Crippen molar-refractivity contribution in [2.45, 2.75) is 4.90 Å². The molecule has 1 amide bonds. The third-order valence-corrected chi connectivity index (χ3v) is 7.59. The Morgan fingerprint density at radius 2 is 1.49 bits per heavy atom. The Morgan fingerprint density at radius 3 is 2.17 bits per heavy atom. The van der Waals surface area contributed by atoms with Gasteiger partial charge < -0.3 is 14.5 Å². The van der Waals surface area contributed by atoms with E-state index >= 15 is 0 Å². The zero-order valence-electron chi connectivity index (χ0n) is 19.3. The van der Waals surface area contributed by atoms with E-state index in [-0.39, 0.29) is 16.6 Å². The molecule has 0 unspecified atom stereocenters. The highest BCUT2D eigenvalue weighted by atomic mass is 32.2. The first-order chi connectivity index (χ1) is 17.0. The summed E-state index contributed by atoms with van der Waals surface area (Å²) in [6.07, 6.45) is 0. The van der Waals surface area contributed by atoms with Crippen molar-refractivity contribution in [3.8, 4) is 0 Å². The molecule has 1 N–H and O–H groups in total. The number of hydrogen-bond donors (Lipinski definition) is 1. The Kier molecular flexibility index (Phi) is 6.80. The van der Waals surface area contributed by atoms with Crippen LogP contribution < -0.4 is 9.62 Å². The molecule has 5 rings (SSSR count). The fourth-order valence-corrected chi connectivity index (χ4v) is 5.31. The minimum absolute atomic E-state index is 0.114. The van der Waals surface area contributed by atoms with E-state index in [1.807, 2.05) is 34.1 Å². The summed E-state index contributed by atoms with van der Waals surface area (Å²) in [6, 6.07) is 15.6. The molecular formula is C24H28N6O4S. The van der Waals surface area contributed by atoms with Gasteiger partial charge >= 0.3 is 0 Å². The summed E-state index contributed by atoms with van der Waals surface area (Å²) >= 11 is 0. The van der Waals surface area contributed by atoms with Gasteiger partial charge in [-0.05, 0) is 24.3 Å². The predicted octanol–water partition coefficient (Wildman–Crippen LogP) is 1.41. The summed E-state index contributed by atoms with van der Waals surface area (Å²) in [7, 11) is -3.83. The first-order valence-electron chi connectivity index (χ1n) is 11.7. The van der Waals surface area contributed by atoms with Crippen molar-refractivity contribution in [2.75, 3.05) is 68.6 Å². The van der Waals surface area contributed by atoms with Crippen LogP contribution in [0.2, 0.25) is 0 Å². The van der Waals surface area contributed by atoms with E-state index in [0.29, 0.717) is 75.9 Å². The van der Waals surface area contributed by atoms with Crippen LogP contribution in [0.4, 0.5) is 11.6 Å². The zero-order valence-corrected chi connectivity index (χ0v) is 20.2. The van der Waals surface area contributed by atoms with Gasteiger partial charge in [-0.15, -0.1) is 0 Å². The number of ether oxygens (including phenoxy) is 1. The van der Waals surface area contributed by atoms with E-state index in [0.717, 1.165) is 0 Å². The van der Waals surface area contributed by atoms with E-state index in [1.54, 1.807) is 30.3 Å². The number of piperazine rings is 1. The second kappa shape index (κ2) is 10.1. The molecule has 0 aliphatic carbocycles. The predicted molar refractivity (Wildman–Crippen MR) is 133 cm³/mol. The minimum Gasteiger partial charge on any atom is -0.378 e. The van der Waals surface area contributed by atoms with Gasteiger partial charge in [0.1, 0.15) is 0 Å². The van der Waals surface area contributed by atoms with Crippen molar-refractivity contribution >= 4 is 38.6 Å². The molecule has 11 heteroatoms. The molecule has 3 aromatic rings. The molecule has 2 aliphatic heterocycles. The highest BCUT2D eigenvalue weighted by molar-refractivity contribution is 7.92. The Labute approximate surface area is 204 Å². The lowest BCUT2D eigenvalue weighted by Crippen LogP contribution is -2.51. The lowest BCUT2D eigenvalue weighted by Gasteiger charge is -2.37. The zero-order chi connectivity index (χ0) is 24.3. The number of morpholine rings is 1. The molecule has 0 radical (unpaired) electrons. The molecule has 0 saturated carbocycles. The summed E-state index contributed by atoms with van der Waals surface area (Å²) in [5.41, 5.74) is 1.30. The van der Waals surface area contributed by atoms with Crippen molar-refractivity contribution in [1.29, 1.82) is 0 Å². The van der Waals surface area contributed by atoms with Crippen LogP contribution in [0.25, 0.3) is 11.0 Å². The topological polar surface area (TPSA) is 108 Å². The van der Waals surface area contributed by atoms with Crippen molar-refractivity contribution in [3.05, 3.63) is 54.6 Å². The maximum atomic E-state index is 13.0. The summed E-state index contributed by atoms with van der Waals surface area (Å²) in [5, 5.41) is 0. The fraction of sp³-hybridized carbons (Fsp3) is 0.375. The second-order valence-corrected chi connectivity index (χ2v) is 10.2. The number of anilines is 2. The van der Waals surface area contributed by atoms with Crippen molar-refractivity contribution in [1.82, 2.24) is 19.8 Å². The number of para-hydroxylation sites is 2. The van der Waals surface area contributed by atoms with Gasteiger partial charge in [-0.3, -0.25) is 14.4 Å². The molecule has 0 bridgehead atoms. The van der Waals surface area contributed by atoms with Gasteiger partial charge in [0.15, 0.2) is 11.6 Å². The van der Waals surface area contributed by atoms with E-state index in [2.05, 4.69) is 14.6 Å². The molecule has 35 heavy (non-hydrogen) atoms. The highest BCUT2D eigenvalue weighted by Crippen LogP contribution is 2.28. The lowest BCUT2D eigenvalue weighted by atomic mass is 10.2. The van der Waals surface area contributed by atoms with Gasteiger partial charge in [0.05, 0.1) is 35.7 Å². The van der Waals surface area contributed by atoms with Crippen LogP contribution in [0.5, 0.6) is 0 Å². The third kappa shape index (κ3) is 5.37. The third-order valence-electron chi connectivity index (χ3n) is 6.23. The molecule has 0 spiro atoms. The summed E-state index contributed by atoms with van der Waals surface area (Å²) in [6.45, 7) is 5.33. The number of carbonyl (C=O) groups excluding carboxylic acids is 1. The molecular weight excluding hydrogens is 468 g/mol. The molecule has 2 aliphatic rings. The van der Waals surface area contributed by atoms with E-state index < -0.39 is 10.0 Å². The SMILES string of the molecule is O=C(CN1CCN(c2nc3ccccc3nc2NS(=O)(=O)c2ccccc2)CC1)N1CCOCC1. The van der Waals surface area contributed by atoms with Crippen LogP contribution in [0, 0.1) is 0 Å². The van der Waals surface area contributed by atoms with Gasteiger partial charge in [0, 0.05) is 39.3 Å². The van der Waals surface area contributed by atoms with Crippen molar-refractivity contribution < 1.29 is 17.9 Å². The van der Waals surface area contributed by atoms with Gasteiger partial charge in [-0.2, -0.15) is 0 Å². The van der Waals surface area contributed by atoms with Gasteiger partial charge in [0.25, 0.3) is 10.0 Å². The number of nitrogens with one attached hydrogen (secondary N) is 1. The molecule has 0 atom stereocenters. The number of benzene rings is 2. The number of rotatable bonds is 6. The maximum Gasteiger partial charge on any atom is 0.263 e. The Hall–Kier alpha value is -3.28. The quantitative estimate of drug-likeness (QED) is 0.546. The number of nitrogens with zero attached hydrogens (tertiary/aromatic N) is 5. The highest BCUT2D eigenvalue weighted by Gasteiger charge is 2.27. The van der Waals surface area contributed by atoms with Crippen LogP contribution in [-0.2, 0) is 19.6 Å². The largest absolute Gasteiger partial charge is 0.378 e. The number of amides is 1. The summed E-state index contributed by atoms with van der Waals surface area (Å²) < 4.78 is 34.1. The number of sulfonamides is 1. The average molecular weight is 497 g/mol. The molecule has 184 valence electrons. The average Bonchev–Trinajstić information content (AvgIpc) is 2.89. The van der Waals surface area contributed by atoms with Crippen LogP contribution in [0.1, 0.15) is 0 Å². The van der Waals surface area contributed by atoms with E-state index in [4.69, 9.17) is 9.72 Å². The van der Waals surface area contributed by atoms with E-state index in [9.17, 15) is 13.2 Å². The van der Waals surface area contributed by atoms with Gasteiger partial charge in [-0.25, -0.2) is 18.4 Å². The standard InChI is InChI=1S/C24H28N6O4S/c31-22(29-14-16-34-17-15-29)18-28-10-12-30(13-11-28)24-23(25-20-8-4-5-9-21(20)26-24)27-35(32,33)19-6-2-1-3-7-19/h1-9H,10-18H2,(H,25,27). The van der Waals surface area contributed by atoms with Gasteiger partial charge in [-0.1, -0.05) is 30.3 Å². The molecule has 2 aromatic carbocycles. The lowest BCUT2D eigenvalue weighted by molar-refractivity contribution is -0.136. The Bertz CT molecular complexity index is 1290. The Morgan fingerprint density at radius 1 is 0.857 bits per heavy atom. The van der Waals surface area contributed by atoms with Crippen LogP contribution in [0.3, 0.4) is 0 Å². The molecule has 2 saturated heterocycles. The van der Waals surface area contributed by atoms with Crippen LogP contribution >= 0.6 is 0 Å². The normalized spacial score (nSPS) is 17.5. The van der Waals surface area contributed by atoms with E-state index in [1.165, 1.54) is 0 Å². The minimum atomic E-state index is -3.83. The molecule has 3 heterocycles. The number of hydrogen-bond acceptors (Lipinski definition) is 8. The fourth-order valence-electron chi connectivity index (χ4n) is 4.29. The first kappa shape index (κ1) is 23.5. The second-order valence-electron chi connectivity index (χ2n) is 8.56.